The largest absolute Gasteiger partial charge is 0.490 e. The van der Waals surface area contributed by atoms with Crippen LogP contribution in [0.3, 0.4) is 0 Å². The van der Waals surface area contributed by atoms with Crippen LogP contribution in [0, 0.1) is 5.41 Å². The van der Waals surface area contributed by atoms with Gasteiger partial charge in [-0.25, -0.2) is 9.48 Å². The smallest absolute Gasteiger partial charge is 0.475 e. The molecule has 0 aliphatic carbocycles. The van der Waals surface area contributed by atoms with Crippen LogP contribution in [0.1, 0.15) is 32.3 Å². The molecule has 1 aliphatic heterocycles. The van der Waals surface area contributed by atoms with Gasteiger partial charge in [0.2, 0.25) is 0 Å². The monoisotopic (exact) mass is 384 g/mol. The summed E-state index contributed by atoms with van der Waals surface area (Å²) in [5, 5.41) is 18.7. The standard InChI is InChI=1S/C16H22N4.C2HF3O2/c1-16(2,3)11-20-15(10-18-19-20)13-6-4-12(5-7-13)14-8-17-9-14;3-2(4,5)1(6)7/h4-7,10,14,17H,8-9,11H2,1-3H3;(H,6,7). The van der Waals surface area contributed by atoms with Crippen molar-refractivity contribution >= 4 is 5.97 Å². The molecule has 0 radical (unpaired) electrons. The Balaban J connectivity index is 0.000000321. The van der Waals surface area contributed by atoms with Crippen molar-refractivity contribution in [2.75, 3.05) is 13.1 Å². The lowest BCUT2D eigenvalue weighted by atomic mass is 9.92. The molecule has 0 amide bonds. The molecule has 0 unspecified atom stereocenters. The summed E-state index contributed by atoms with van der Waals surface area (Å²) in [5.74, 6) is -2.07. The molecular weight excluding hydrogens is 361 g/mol. The molecule has 2 aromatic rings. The quantitative estimate of drug-likeness (QED) is 0.849. The number of benzene rings is 1. The number of carboxylic acid groups (broad SMARTS) is 1. The third kappa shape index (κ3) is 6.06. The van der Waals surface area contributed by atoms with E-state index in [1.54, 1.807) is 0 Å². The predicted octanol–water partition coefficient (Wildman–Crippen LogP) is 3.31. The van der Waals surface area contributed by atoms with Gasteiger partial charge in [0.05, 0.1) is 11.9 Å². The molecule has 1 aromatic carbocycles. The molecule has 1 aromatic heterocycles. The third-order valence-electron chi connectivity index (χ3n) is 3.94. The van der Waals surface area contributed by atoms with Gasteiger partial charge in [-0.15, -0.1) is 5.10 Å². The topological polar surface area (TPSA) is 80.0 Å². The van der Waals surface area contributed by atoms with Crippen LogP contribution in [0.15, 0.2) is 30.5 Å². The summed E-state index contributed by atoms with van der Waals surface area (Å²) in [4.78, 5) is 8.90. The first-order valence-corrected chi connectivity index (χ1v) is 8.47. The van der Waals surface area contributed by atoms with Crippen molar-refractivity contribution in [1.29, 1.82) is 0 Å². The van der Waals surface area contributed by atoms with E-state index in [4.69, 9.17) is 9.90 Å². The molecule has 1 saturated heterocycles. The molecule has 1 aliphatic rings. The van der Waals surface area contributed by atoms with E-state index in [1.807, 2.05) is 10.9 Å². The summed E-state index contributed by atoms with van der Waals surface area (Å²) < 4.78 is 33.7. The lowest BCUT2D eigenvalue weighted by Gasteiger charge is -2.27. The maximum Gasteiger partial charge on any atom is 0.490 e. The van der Waals surface area contributed by atoms with Crippen LogP contribution in [0.5, 0.6) is 0 Å². The fourth-order valence-corrected chi connectivity index (χ4v) is 2.50. The molecule has 2 N–H and O–H groups in total. The number of nitrogens with zero attached hydrogens (tertiary/aromatic N) is 3. The molecular formula is C18H23F3N4O2. The Bertz CT molecular complexity index is 760. The van der Waals surface area contributed by atoms with Crippen LogP contribution in [-0.4, -0.2) is 45.3 Å². The number of halogens is 3. The second-order valence-corrected chi connectivity index (χ2v) is 7.62. The fraction of sp³-hybridized carbons (Fsp3) is 0.500. The van der Waals surface area contributed by atoms with Gasteiger partial charge in [-0.3, -0.25) is 0 Å². The minimum absolute atomic E-state index is 0.194. The van der Waals surface area contributed by atoms with Gasteiger partial charge in [-0.05, 0) is 11.0 Å². The average Bonchev–Trinajstić information content (AvgIpc) is 2.92. The SMILES string of the molecule is CC(C)(C)Cn1nncc1-c1ccc(C2CNC2)cc1.O=C(O)C(F)(F)F. The number of aromatic nitrogens is 3. The highest BCUT2D eigenvalue weighted by molar-refractivity contribution is 5.73. The molecule has 1 fully saturated rings. The van der Waals surface area contributed by atoms with Crippen molar-refractivity contribution in [2.24, 2.45) is 5.41 Å². The van der Waals surface area contributed by atoms with Gasteiger partial charge in [0.25, 0.3) is 0 Å². The summed E-state index contributed by atoms with van der Waals surface area (Å²) in [6.45, 7) is 9.71. The third-order valence-corrected chi connectivity index (χ3v) is 3.94. The lowest BCUT2D eigenvalue weighted by molar-refractivity contribution is -0.192. The Labute approximate surface area is 155 Å². The molecule has 0 bridgehead atoms. The minimum Gasteiger partial charge on any atom is -0.475 e. The highest BCUT2D eigenvalue weighted by Gasteiger charge is 2.38. The van der Waals surface area contributed by atoms with Crippen LogP contribution in [0.25, 0.3) is 11.3 Å². The average molecular weight is 384 g/mol. The van der Waals surface area contributed by atoms with Crippen molar-refractivity contribution in [3.05, 3.63) is 36.0 Å². The van der Waals surface area contributed by atoms with Crippen molar-refractivity contribution in [1.82, 2.24) is 20.3 Å². The van der Waals surface area contributed by atoms with Gasteiger partial charge >= 0.3 is 12.1 Å². The minimum atomic E-state index is -5.08. The maximum absolute atomic E-state index is 10.6. The number of carbonyl (C=O) groups is 1. The summed E-state index contributed by atoms with van der Waals surface area (Å²) in [6, 6.07) is 8.83. The molecule has 27 heavy (non-hydrogen) atoms. The Kier molecular flexibility index (Phi) is 6.25. The van der Waals surface area contributed by atoms with E-state index in [9.17, 15) is 13.2 Å². The van der Waals surface area contributed by atoms with Gasteiger partial charge in [0.1, 0.15) is 0 Å². The number of nitrogens with one attached hydrogen (secondary N) is 1. The first-order chi connectivity index (χ1) is 12.5. The number of aliphatic carboxylic acids is 1. The number of carboxylic acids is 1. The molecule has 0 spiro atoms. The number of hydrogen-bond acceptors (Lipinski definition) is 4. The summed E-state index contributed by atoms with van der Waals surface area (Å²) in [6.07, 6.45) is -3.23. The number of hydrogen-bond donors (Lipinski definition) is 2. The van der Waals surface area contributed by atoms with E-state index in [0.717, 1.165) is 25.3 Å². The molecule has 0 atom stereocenters. The van der Waals surface area contributed by atoms with Crippen LogP contribution in [0.2, 0.25) is 0 Å². The Morgan fingerprint density at radius 2 is 1.78 bits per heavy atom. The van der Waals surface area contributed by atoms with Crippen molar-refractivity contribution < 1.29 is 23.1 Å². The molecule has 2 heterocycles. The molecule has 6 nitrogen and oxygen atoms in total. The van der Waals surface area contributed by atoms with Crippen molar-refractivity contribution in [2.45, 2.75) is 39.4 Å². The predicted molar refractivity (Wildman–Crippen MR) is 94.2 cm³/mol. The van der Waals surface area contributed by atoms with Gasteiger partial charge in [0, 0.05) is 31.1 Å². The zero-order valence-corrected chi connectivity index (χ0v) is 15.4. The molecule has 0 saturated carbocycles. The fourth-order valence-electron chi connectivity index (χ4n) is 2.50. The zero-order valence-electron chi connectivity index (χ0n) is 15.4. The first-order valence-electron chi connectivity index (χ1n) is 8.47. The van der Waals surface area contributed by atoms with Crippen molar-refractivity contribution in [3.63, 3.8) is 0 Å². The Morgan fingerprint density at radius 3 is 2.19 bits per heavy atom. The maximum atomic E-state index is 10.6. The van der Waals surface area contributed by atoms with E-state index in [0.29, 0.717) is 5.92 Å². The van der Waals surface area contributed by atoms with Crippen molar-refractivity contribution in [3.8, 4) is 11.3 Å². The van der Waals surface area contributed by atoms with E-state index < -0.39 is 12.1 Å². The Hall–Kier alpha value is -2.42. The summed E-state index contributed by atoms with van der Waals surface area (Å²) >= 11 is 0. The second kappa shape index (κ2) is 8.08. The van der Waals surface area contributed by atoms with Gasteiger partial charge in [0.15, 0.2) is 0 Å². The first kappa shape index (κ1) is 20.9. The Morgan fingerprint density at radius 1 is 1.22 bits per heavy atom. The summed E-state index contributed by atoms with van der Waals surface area (Å²) in [7, 11) is 0. The normalized spacial score (nSPS) is 14.9. The lowest BCUT2D eigenvalue weighted by Crippen LogP contribution is -2.39. The van der Waals surface area contributed by atoms with Gasteiger partial charge in [-0.2, -0.15) is 13.2 Å². The van der Waals surface area contributed by atoms with Crippen LogP contribution in [-0.2, 0) is 11.3 Å². The van der Waals surface area contributed by atoms with E-state index in [-0.39, 0.29) is 5.41 Å². The summed E-state index contributed by atoms with van der Waals surface area (Å²) in [5.41, 5.74) is 3.90. The van der Waals surface area contributed by atoms with E-state index in [1.165, 1.54) is 11.1 Å². The van der Waals surface area contributed by atoms with E-state index >= 15 is 0 Å². The van der Waals surface area contributed by atoms with Gasteiger partial charge < -0.3 is 10.4 Å². The second-order valence-electron chi connectivity index (χ2n) is 7.62. The molecule has 148 valence electrons. The molecule has 3 rings (SSSR count). The van der Waals surface area contributed by atoms with Gasteiger partial charge in [-0.1, -0.05) is 50.3 Å². The number of rotatable bonds is 3. The number of alkyl halides is 3. The zero-order chi connectivity index (χ0) is 20.2. The van der Waals surface area contributed by atoms with Crippen LogP contribution in [0.4, 0.5) is 13.2 Å². The molecule has 9 heteroatoms. The highest BCUT2D eigenvalue weighted by atomic mass is 19.4. The highest BCUT2D eigenvalue weighted by Crippen LogP contribution is 2.26. The van der Waals surface area contributed by atoms with Crippen LogP contribution >= 0.6 is 0 Å². The van der Waals surface area contributed by atoms with E-state index in [2.05, 4.69) is 60.7 Å². The van der Waals surface area contributed by atoms with Crippen LogP contribution < -0.4 is 5.32 Å².